The summed E-state index contributed by atoms with van der Waals surface area (Å²) < 4.78 is 2.16. The lowest BCUT2D eigenvalue weighted by molar-refractivity contribution is 0.472. The molecule has 0 unspecified atom stereocenters. The van der Waals surface area contributed by atoms with Crippen molar-refractivity contribution in [1.29, 1.82) is 0 Å². The fourth-order valence-electron chi connectivity index (χ4n) is 4.63. The van der Waals surface area contributed by atoms with Gasteiger partial charge in [0.15, 0.2) is 5.11 Å². The molecule has 2 N–H and O–H groups in total. The number of thiocarbonyl (C=S) groups is 1. The van der Waals surface area contributed by atoms with Crippen LogP contribution in [0.1, 0.15) is 40.3 Å². The van der Waals surface area contributed by atoms with Crippen LogP contribution >= 0.6 is 12.2 Å². The van der Waals surface area contributed by atoms with E-state index in [2.05, 4.69) is 45.8 Å². The zero-order valence-corrected chi connectivity index (χ0v) is 19.5. The van der Waals surface area contributed by atoms with E-state index in [0.717, 1.165) is 34.0 Å². The van der Waals surface area contributed by atoms with Gasteiger partial charge in [-0.25, -0.2) is 4.98 Å². The number of para-hydroxylation sites is 2. The molecule has 0 aliphatic carbocycles. The molecule has 0 saturated carbocycles. The number of pyridine rings is 2. The Kier molecular flexibility index (Phi) is 5.34. The van der Waals surface area contributed by atoms with Gasteiger partial charge in [0.25, 0.3) is 0 Å². The molecule has 4 heterocycles. The summed E-state index contributed by atoms with van der Waals surface area (Å²) >= 11 is 5.78. The topological polar surface area (TPSA) is 66.2 Å². The van der Waals surface area contributed by atoms with Crippen LogP contribution in [0.25, 0.3) is 5.82 Å². The lowest BCUT2D eigenvalue weighted by Crippen LogP contribution is -2.29. The molecule has 166 valence electrons. The molecule has 0 radical (unpaired) electrons. The first kappa shape index (κ1) is 21.2. The van der Waals surface area contributed by atoms with Gasteiger partial charge in [0.05, 0.1) is 23.5 Å². The van der Waals surface area contributed by atoms with Crippen LogP contribution in [0.2, 0.25) is 0 Å². The van der Waals surface area contributed by atoms with E-state index in [1.54, 1.807) is 12.3 Å². The van der Waals surface area contributed by atoms with Crippen molar-refractivity contribution >= 4 is 23.0 Å². The second kappa shape index (κ2) is 8.33. The molecular formula is C26H25N5OS. The maximum atomic E-state index is 10.7. The molecule has 5 rings (SSSR count). The molecule has 2 atom stereocenters. The second-order valence-electron chi connectivity index (χ2n) is 8.34. The van der Waals surface area contributed by atoms with E-state index in [1.165, 1.54) is 0 Å². The highest BCUT2D eigenvalue weighted by Crippen LogP contribution is 2.45. The van der Waals surface area contributed by atoms with Gasteiger partial charge in [0.2, 0.25) is 0 Å². The molecule has 0 spiro atoms. The van der Waals surface area contributed by atoms with Crippen molar-refractivity contribution in [2.75, 3.05) is 4.90 Å². The molecule has 1 aliphatic rings. The van der Waals surface area contributed by atoms with Gasteiger partial charge in [-0.2, -0.15) is 0 Å². The third kappa shape index (κ3) is 3.64. The Bertz CT molecular complexity index is 1320. The highest BCUT2D eigenvalue weighted by atomic mass is 32.1. The van der Waals surface area contributed by atoms with Crippen molar-refractivity contribution in [3.8, 4) is 11.6 Å². The third-order valence-corrected chi connectivity index (χ3v) is 6.47. The van der Waals surface area contributed by atoms with Crippen LogP contribution in [0.15, 0.2) is 73.1 Å². The second-order valence-corrected chi connectivity index (χ2v) is 8.73. The maximum Gasteiger partial charge on any atom is 0.174 e. The lowest BCUT2D eigenvalue weighted by atomic mass is 9.96. The number of aromatic nitrogens is 3. The Morgan fingerprint density at radius 1 is 0.970 bits per heavy atom. The fourth-order valence-corrected chi connectivity index (χ4v) is 4.97. The molecule has 33 heavy (non-hydrogen) atoms. The summed E-state index contributed by atoms with van der Waals surface area (Å²) in [7, 11) is 0. The largest absolute Gasteiger partial charge is 0.506 e. The van der Waals surface area contributed by atoms with Crippen molar-refractivity contribution in [3.63, 3.8) is 0 Å². The smallest absolute Gasteiger partial charge is 0.174 e. The van der Waals surface area contributed by atoms with E-state index >= 15 is 0 Å². The highest BCUT2D eigenvalue weighted by Gasteiger charge is 2.43. The van der Waals surface area contributed by atoms with Gasteiger partial charge in [0, 0.05) is 23.8 Å². The number of hydrogen-bond acceptors (Lipinski definition) is 4. The van der Waals surface area contributed by atoms with Crippen molar-refractivity contribution in [1.82, 2.24) is 19.9 Å². The molecule has 1 fully saturated rings. The number of hydrogen-bond donors (Lipinski definition) is 2. The van der Waals surface area contributed by atoms with Crippen molar-refractivity contribution in [2.45, 2.75) is 32.9 Å². The number of anilines is 1. The number of nitrogens with zero attached hydrogens (tertiary/aromatic N) is 4. The van der Waals surface area contributed by atoms with Crippen LogP contribution in [0, 0.1) is 20.8 Å². The maximum absolute atomic E-state index is 10.7. The van der Waals surface area contributed by atoms with Gasteiger partial charge >= 0.3 is 0 Å². The van der Waals surface area contributed by atoms with E-state index < -0.39 is 0 Å². The van der Waals surface area contributed by atoms with Crippen LogP contribution in [-0.2, 0) is 0 Å². The summed E-state index contributed by atoms with van der Waals surface area (Å²) in [6.45, 7) is 6.22. The molecule has 1 saturated heterocycles. The summed E-state index contributed by atoms with van der Waals surface area (Å²) in [5.74, 6) is 1.06. The zero-order valence-electron chi connectivity index (χ0n) is 18.7. The molecule has 0 amide bonds. The SMILES string of the molecule is Cc1ccc(-n2c(C)cc([C@@H]3[C@@H](c4ccccn4)NC(=S)N3c3ccccc3O)c2C)nc1. The van der Waals surface area contributed by atoms with Crippen molar-refractivity contribution in [3.05, 3.63) is 101 Å². The van der Waals surface area contributed by atoms with Crippen LogP contribution in [0.3, 0.4) is 0 Å². The molecule has 7 heteroatoms. The Morgan fingerprint density at radius 2 is 1.76 bits per heavy atom. The van der Waals surface area contributed by atoms with Crippen LogP contribution in [0.4, 0.5) is 5.69 Å². The first-order chi connectivity index (χ1) is 16.0. The van der Waals surface area contributed by atoms with Crippen LogP contribution in [-0.4, -0.2) is 24.8 Å². The van der Waals surface area contributed by atoms with Gasteiger partial charge < -0.3 is 19.9 Å². The van der Waals surface area contributed by atoms with Gasteiger partial charge in [-0.3, -0.25) is 4.98 Å². The number of nitrogens with one attached hydrogen (secondary N) is 1. The quantitative estimate of drug-likeness (QED) is 0.419. The van der Waals surface area contributed by atoms with E-state index in [1.807, 2.05) is 60.5 Å². The standard InChI is InChI=1S/C26H25N5OS/c1-16-11-12-23(28-15-16)30-17(2)14-19(18(30)3)25-24(20-8-6-7-13-27-20)29-26(33)31(25)21-9-4-5-10-22(21)32/h4-15,24-25,32H,1-3H3,(H,29,33)/t24-,25-/m1/s1. The van der Waals surface area contributed by atoms with E-state index in [0.29, 0.717) is 10.8 Å². The number of benzene rings is 1. The predicted molar refractivity (Wildman–Crippen MR) is 134 cm³/mol. The molecule has 1 aromatic carbocycles. The van der Waals surface area contributed by atoms with Crippen LogP contribution in [0.5, 0.6) is 5.75 Å². The average molecular weight is 456 g/mol. The summed E-state index contributed by atoms with van der Waals surface area (Å²) in [5.41, 5.74) is 5.92. The van der Waals surface area contributed by atoms with Gasteiger partial charge in [-0.1, -0.05) is 24.3 Å². The number of phenolic OH excluding ortho intramolecular Hbond substituents is 1. The highest BCUT2D eigenvalue weighted by molar-refractivity contribution is 7.80. The number of rotatable bonds is 4. The molecular weight excluding hydrogens is 430 g/mol. The number of aryl methyl sites for hydroxylation is 2. The summed E-state index contributed by atoms with van der Waals surface area (Å²) in [6.07, 6.45) is 3.67. The van der Waals surface area contributed by atoms with Crippen molar-refractivity contribution < 1.29 is 5.11 Å². The minimum atomic E-state index is -0.203. The molecule has 1 aliphatic heterocycles. The Balaban J connectivity index is 1.69. The van der Waals surface area contributed by atoms with Gasteiger partial charge in [0.1, 0.15) is 11.6 Å². The monoisotopic (exact) mass is 455 g/mol. The number of phenols is 1. The predicted octanol–water partition coefficient (Wildman–Crippen LogP) is 5.08. The normalized spacial score (nSPS) is 17.9. The summed E-state index contributed by atoms with van der Waals surface area (Å²) in [5, 5.41) is 14.7. The Hall–Kier alpha value is -3.71. The Morgan fingerprint density at radius 3 is 2.45 bits per heavy atom. The summed E-state index contributed by atoms with van der Waals surface area (Å²) in [6, 6.07) is 19.1. The molecule has 0 bridgehead atoms. The third-order valence-electron chi connectivity index (χ3n) is 6.15. The molecule has 6 nitrogen and oxygen atoms in total. The van der Waals surface area contributed by atoms with E-state index in [9.17, 15) is 5.11 Å². The fraction of sp³-hybridized carbons (Fsp3) is 0.192. The minimum absolute atomic E-state index is 0.182. The lowest BCUT2D eigenvalue weighted by Gasteiger charge is -2.28. The minimum Gasteiger partial charge on any atom is -0.506 e. The first-order valence-corrected chi connectivity index (χ1v) is 11.3. The molecule has 3 aromatic heterocycles. The van der Waals surface area contributed by atoms with Crippen LogP contribution < -0.4 is 10.2 Å². The van der Waals surface area contributed by atoms with Crippen molar-refractivity contribution in [2.24, 2.45) is 0 Å². The van der Waals surface area contributed by atoms with E-state index in [-0.39, 0.29) is 17.8 Å². The Labute approximate surface area is 198 Å². The van der Waals surface area contributed by atoms with Gasteiger partial charge in [-0.05, 0) is 80.5 Å². The zero-order chi connectivity index (χ0) is 23.1. The number of aromatic hydroxyl groups is 1. The van der Waals surface area contributed by atoms with Gasteiger partial charge in [-0.15, -0.1) is 0 Å². The van der Waals surface area contributed by atoms with E-state index in [4.69, 9.17) is 12.2 Å². The summed E-state index contributed by atoms with van der Waals surface area (Å²) in [4.78, 5) is 11.3. The molecule has 4 aromatic rings. The first-order valence-electron chi connectivity index (χ1n) is 10.9. The average Bonchev–Trinajstić information content (AvgIpc) is 3.31.